The third-order valence-corrected chi connectivity index (χ3v) is 7.52. The monoisotopic (exact) mass is 484 g/mol. The number of anilines is 2. The lowest BCUT2D eigenvalue weighted by Gasteiger charge is -2.03. The summed E-state index contributed by atoms with van der Waals surface area (Å²) in [6, 6.07) is 9.80. The Morgan fingerprint density at radius 1 is 1.10 bits per heavy atom. The van der Waals surface area contributed by atoms with Crippen molar-refractivity contribution in [1.29, 1.82) is 0 Å². The number of nitrogens with one attached hydrogen (secondary N) is 1. The van der Waals surface area contributed by atoms with Gasteiger partial charge >= 0.3 is 11.9 Å². The molecule has 0 amide bonds. The highest BCUT2D eigenvalue weighted by molar-refractivity contribution is 8.00. The zero-order valence-electron chi connectivity index (χ0n) is 16.4. The number of rotatable bonds is 7. The Balaban J connectivity index is 0.000000232. The van der Waals surface area contributed by atoms with Crippen LogP contribution in [-0.4, -0.2) is 46.6 Å². The van der Waals surface area contributed by atoms with Gasteiger partial charge in [0, 0.05) is 6.54 Å². The molecule has 4 N–H and O–H groups in total. The van der Waals surface area contributed by atoms with Crippen molar-refractivity contribution in [2.24, 2.45) is 0 Å². The number of aromatic nitrogens is 2. The van der Waals surface area contributed by atoms with Crippen LogP contribution in [0.1, 0.15) is 24.9 Å². The minimum absolute atomic E-state index is 0.246. The van der Waals surface area contributed by atoms with Gasteiger partial charge in [-0.15, -0.1) is 0 Å². The molecule has 0 aliphatic heterocycles. The largest absolute Gasteiger partial charge is 0.477 e. The number of thiazole rings is 2. The van der Waals surface area contributed by atoms with Crippen molar-refractivity contribution in [3.05, 3.63) is 45.6 Å². The molecule has 0 saturated carbocycles. The van der Waals surface area contributed by atoms with E-state index in [2.05, 4.69) is 20.0 Å². The molecule has 160 valence electrons. The van der Waals surface area contributed by atoms with E-state index in [-0.39, 0.29) is 10.7 Å². The number of thioether (sulfide) groups is 2. The lowest BCUT2D eigenvalue weighted by atomic mass is 10.2. The number of carboxylic acid groups (broad SMARTS) is 1. The smallest absolute Gasteiger partial charge is 0.351 e. The van der Waals surface area contributed by atoms with E-state index >= 15 is 0 Å². The van der Waals surface area contributed by atoms with Gasteiger partial charge in [-0.25, -0.2) is 19.6 Å². The van der Waals surface area contributed by atoms with Gasteiger partial charge in [-0.1, -0.05) is 76.5 Å². The van der Waals surface area contributed by atoms with Gasteiger partial charge in [0.25, 0.3) is 0 Å². The fourth-order valence-corrected chi connectivity index (χ4v) is 4.86. The molecule has 0 fully saturated rings. The maximum Gasteiger partial charge on any atom is 0.351 e. The molecule has 1 aromatic carbocycles. The van der Waals surface area contributed by atoms with E-state index in [1.807, 2.05) is 42.8 Å². The van der Waals surface area contributed by atoms with Crippen LogP contribution in [0, 0.1) is 0 Å². The van der Waals surface area contributed by atoms with Crippen molar-refractivity contribution in [3.63, 3.8) is 0 Å². The van der Waals surface area contributed by atoms with Crippen LogP contribution in [0.3, 0.4) is 0 Å². The molecule has 0 radical (unpaired) electrons. The molecular weight excluding hydrogens is 464 g/mol. The second-order valence-electron chi connectivity index (χ2n) is 5.40. The van der Waals surface area contributed by atoms with Gasteiger partial charge in [-0.05, 0) is 18.1 Å². The van der Waals surface area contributed by atoms with Crippen LogP contribution in [0.2, 0.25) is 0 Å². The molecule has 30 heavy (non-hydrogen) atoms. The number of nitrogen functional groups attached to an aromatic ring is 1. The standard InChI is InChI=1S/C12H12N2O2S2.C6H8N2O2S2/c1-17-12-14-10(9(18-12)11(15)16)13-7-8-5-3-2-4-6-8;1-10-5(9)3-4(7)8-6(11-2)12-3/h2-6,13H,7H2,1H3,(H,15,16);7H2,1-2H3. The first kappa shape index (κ1) is 24.0. The van der Waals surface area contributed by atoms with Crippen molar-refractivity contribution in [2.75, 3.05) is 30.7 Å². The third kappa shape index (κ3) is 6.62. The fraction of sp³-hybridized carbons (Fsp3) is 0.222. The molecule has 3 aromatic rings. The quantitative estimate of drug-likeness (QED) is 0.328. The highest BCUT2D eigenvalue weighted by Crippen LogP contribution is 2.29. The molecule has 2 aromatic heterocycles. The Morgan fingerprint density at radius 2 is 1.70 bits per heavy atom. The summed E-state index contributed by atoms with van der Waals surface area (Å²) in [4.78, 5) is 31.0. The van der Waals surface area contributed by atoms with Crippen LogP contribution >= 0.6 is 46.2 Å². The van der Waals surface area contributed by atoms with E-state index in [9.17, 15) is 9.59 Å². The zero-order valence-corrected chi connectivity index (χ0v) is 19.6. The molecular formula is C18H20N4O4S4. The molecule has 12 heteroatoms. The van der Waals surface area contributed by atoms with Gasteiger partial charge < -0.3 is 20.9 Å². The lowest BCUT2D eigenvalue weighted by Crippen LogP contribution is -2.04. The maximum absolute atomic E-state index is 11.1. The van der Waals surface area contributed by atoms with E-state index in [4.69, 9.17) is 10.8 Å². The Kier molecular flexibility index (Phi) is 9.43. The summed E-state index contributed by atoms with van der Waals surface area (Å²) < 4.78 is 6.04. The van der Waals surface area contributed by atoms with Crippen LogP contribution in [0.15, 0.2) is 39.0 Å². The molecule has 2 heterocycles. The minimum Gasteiger partial charge on any atom is -0.477 e. The Bertz CT molecular complexity index is 991. The number of methoxy groups -OCH3 is 1. The molecule has 8 nitrogen and oxygen atoms in total. The van der Waals surface area contributed by atoms with Gasteiger partial charge in [0.1, 0.15) is 0 Å². The normalized spacial score (nSPS) is 10.1. The number of hydrogen-bond donors (Lipinski definition) is 3. The van der Waals surface area contributed by atoms with Gasteiger partial charge in [0.2, 0.25) is 0 Å². The fourth-order valence-electron chi connectivity index (χ4n) is 2.07. The number of esters is 1. The van der Waals surface area contributed by atoms with E-state index in [1.165, 1.54) is 53.3 Å². The van der Waals surface area contributed by atoms with E-state index in [1.54, 1.807) is 0 Å². The number of hydrogen-bond acceptors (Lipinski definition) is 11. The molecule has 0 aliphatic carbocycles. The molecule has 0 spiro atoms. The predicted octanol–water partition coefficient (Wildman–Crippen LogP) is 4.41. The van der Waals surface area contributed by atoms with Crippen molar-refractivity contribution in [1.82, 2.24) is 9.97 Å². The van der Waals surface area contributed by atoms with Crippen LogP contribution in [-0.2, 0) is 11.3 Å². The number of carboxylic acids is 1. The summed E-state index contributed by atoms with van der Waals surface area (Å²) in [5, 5.41) is 12.2. The second kappa shape index (κ2) is 11.8. The number of nitrogens with two attached hydrogens (primary N) is 1. The Labute approximate surface area is 190 Å². The zero-order chi connectivity index (χ0) is 22.1. The van der Waals surface area contributed by atoms with Gasteiger partial charge in [0.15, 0.2) is 30.1 Å². The van der Waals surface area contributed by atoms with Crippen LogP contribution in [0.4, 0.5) is 11.6 Å². The number of aromatic carboxylic acids is 1. The van der Waals surface area contributed by atoms with Crippen LogP contribution < -0.4 is 11.1 Å². The number of nitrogens with zero attached hydrogens (tertiary/aromatic N) is 2. The average molecular weight is 485 g/mol. The van der Waals surface area contributed by atoms with Crippen LogP contribution in [0.5, 0.6) is 0 Å². The highest BCUT2D eigenvalue weighted by atomic mass is 32.2. The lowest BCUT2D eigenvalue weighted by molar-refractivity contribution is 0.0606. The van der Waals surface area contributed by atoms with Crippen LogP contribution in [0.25, 0.3) is 0 Å². The maximum atomic E-state index is 11.1. The summed E-state index contributed by atoms with van der Waals surface area (Å²) >= 11 is 5.34. The van der Waals surface area contributed by atoms with E-state index in [0.717, 1.165) is 14.2 Å². The molecule has 0 aliphatic rings. The number of benzene rings is 1. The van der Waals surface area contributed by atoms with Gasteiger partial charge in [-0.3, -0.25) is 0 Å². The molecule has 0 atom stereocenters. The molecule has 3 rings (SSSR count). The first-order chi connectivity index (χ1) is 14.4. The molecule has 0 unspecified atom stereocenters. The molecule has 0 bridgehead atoms. The summed E-state index contributed by atoms with van der Waals surface area (Å²) in [7, 11) is 1.32. The van der Waals surface area contributed by atoms with Crippen molar-refractivity contribution < 1.29 is 19.4 Å². The minimum atomic E-state index is -0.941. The third-order valence-electron chi connectivity index (χ3n) is 3.46. The Morgan fingerprint density at radius 3 is 2.23 bits per heavy atom. The predicted molar refractivity (Wildman–Crippen MR) is 124 cm³/mol. The summed E-state index contributed by atoms with van der Waals surface area (Å²) in [5.74, 6) is -0.675. The number of ether oxygens (including phenoxy) is 1. The SMILES string of the molecule is COC(=O)c1sc(SC)nc1N.CSc1nc(NCc2ccccc2)c(C(=O)O)s1. The van der Waals surface area contributed by atoms with E-state index in [0.29, 0.717) is 17.2 Å². The topological polar surface area (TPSA) is 127 Å². The van der Waals surface area contributed by atoms with Gasteiger partial charge in [0.05, 0.1) is 7.11 Å². The Hall–Kier alpha value is -2.28. The van der Waals surface area contributed by atoms with Crippen molar-refractivity contribution in [3.8, 4) is 0 Å². The highest BCUT2D eigenvalue weighted by Gasteiger charge is 2.17. The number of carbonyl (C=O) groups is 2. The number of carbonyl (C=O) groups excluding carboxylic acids is 1. The van der Waals surface area contributed by atoms with E-state index < -0.39 is 11.9 Å². The van der Waals surface area contributed by atoms with Crippen molar-refractivity contribution in [2.45, 2.75) is 15.2 Å². The first-order valence-corrected chi connectivity index (χ1v) is 12.4. The van der Waals surface area contributed by atoms with Crippen molar-refractivity contribution >= 4 is 69.8 Å². The molecule has 0 saturated heterocycles. The summed E-state index contributed by atoms with van der Waals surface area (Å²) in [6.07, 6.45) is 3.75. The second-order valence-corrected chi connectivity index (χ2v) is 9.50. The summed E-state index contributed by atoms with van der Waals surface area (Å²) in [6.45, 7) is 0.568. The average Bonchev–Trinajstić information content (AvgIpc) is 3.36. The first-order valence-electron chi connectivity index (χ1n) is 8.34. The van der Waals surface area contributed by atoms with Gasteiger partial charge in [-0.2, -0.15) is 0 Å². The summed E-state index contributed by atoms with van der Waals surface area (Å²) in [5.41, 5.74) is 6.57.